The minimum absolute atomic E-state index is 0.165. The number of rotatable bonds is 5. The van der Waals surface area contributed by atoms with Crippen LogP contribution in [-0.2, 0) is 0 Å². The van der Waals surface area contributed by atoms with E-state index in [1.165, 1.54) is 29.2 Å². The first-order chi connectivity index (χ1) is 11.7. The van der Waals surface area contributed by atoms with Crippen LogP contribution in [0.5, 0.6) is 0 Å². The summed E-state index contributed by atoms with van der Waals surface area (Å²) < 4.78 is 0. The van der Waals surface area contributed by atoms with Crippen molar-refractivity contribution >= 4 is 16.3 Å². The zero-order valence-corrected chi connectivity index (χ0v) is 15.0. The molecule has 2 aromatic rings. The Morgan fingerprint density at radius 3 is 2.88 bits per heavy atom. The fraction of sp³-hybridized carbons (Fsp3) is 0.348. The summed E-state index contributed by atoms with van der Waals surface area (Å²) in [6, 6.07) is 10.7. The first-order valence-electron chi connectivity index (χ1n) is 9.04. The van der Waals surface area contributed by atoms with Gasteiger partial charge in [-0.2, -0.15) is 0 Å². The van der Waals surface area contributed by atoms with Crippen molar-refractivity contribution in [3.8, 4) is 0 Å². The van der Waals surface area contributed by atoms with Gasteiger partial charge in [0.25, 0.3) is 0 Å². The highest BCUT2D eigenvalue weighted by atomic mass is 14.7. The molecule has 0 aliphatic heterocycles. The quantitative estimate of drug-likeness (QED) is 0.568. The van der Waals surface area contributed by atoms with Crippen LogP contribution in [-0.4, -0.2) is 4.98 Å². The van der Waals surface area contributed by atoms with E-state index in [9.17, 15) is 0 Å². The molecular formula is C23H27N. The molecule has 2 unspecified atom stereocenters. The second-order valence-electron chi connectivity index (χ2n) is 6.97. The number of hydrogen-bond donors (Lipinski definition) is 0. The molecule has 0 saturated carbocycles. The fourth-order valence-electron chi connectivity index (χ4n) is 4.14. The van der Waals surface area contributed by atoms with Crippen LogP contribution in [0.4, 0.5) is 0 Å². The number of nitrogens with zero attached hydrogens (tertiary/aromatic N) is 1. The fourth-order valence-corrected chi connectivity index (χ4v) is 4.14. The van der Waals surface area contributed by atoms with Gasteiger partial charge >= 0.3 is 0 Å². The summed E-state index contributed by atoms with van der Waals surface area (Å²) in [5, 5.41) is 2.52. The molecule has 0 bridgehead atoms. The van der Waals surface area contributed by atoms with E-state index < -0.39 is 0 Å². The molecule has 2 atom stereocenters. The van der Waals surface area contributed by atoms with Crippen LogP contribution in [0.15, 0.2) is 66.9 Å². The molecule has 124 valence electrons. The van der Waals surface area contributed by atoms with E-state index in [-0.39, 0.29) is 5.41 Å². The minimum atomic E-state index is 0.165. The molecule has 0 N–H and O–H groups in total. The Bertz CT molecular complexity index is 791. The summed E-state index contributed by atoms with van der Waals surface area (Å²) in [4.78, 5) is 4.79. The molecule has 0 fully saturated rings. The summed E-state index contributed by atoms with van der Waals surface area (Å²) in [6.45, 7) is 6.81. The lowest BCUT2D eigenvalue weighted by molar-refractivity contribution is 0.290. The smallest absolute Gasteiger partial charge is 0.0743 e. The molecule has 1 heteroatoms. The van der Waals surface area contributed by atoms with Crippen LogP contribution >= 0.6 is 0 Å². The molecule has 1 nitrogen and oxygen atoms in total. The van der Waals surface area contributed by atoms with Crippen molar-refractivity contribution in [2.75, 3.05) is 0 Å². The van der Waals surface area contributed by atoms with Crippen LogP contribution in [0.3, 0.4) is 0 Å². The van der Waals surface area contributed by atoms with Gasteiger partial charge in [-0.05, 0) is 48.1 Å². The third-order valence-corrected chi connectivity index (χ3v) is 5.24. The molecule has 0 saturated heterocycles. The van der Waals surface area contributed by atoms with E-state index in [0.717, 1.165) is 12.1 Å². The molecule has 0 radical (unpaired) electrons. The maximum Gasteiger partial charge on any atom is 0.0743 e. The van der Waals surface area contributed by atoms with Crippen LogP contribution in [0.25, 0.3) is 16.3 Å². The van der Waals surface area contributed by atoms with E-state index in [0.29, 0.717) is 5.92 Å². The Hall–Kier alpha value is -2.15. The molecule has 0 amide bonds. The number of allylic oxidation sites excluding steroid dienone is 6. The Kier molecular flexibility index (Phi) is 4.99. The second-order valence-corrected chi connectivity index (χ2v) is 6.97. The van der Waals surface area contributed by atoms with E-state index in [4.69, 9.17) is 4.98 Å². The number of aromatic nitrogens is 1. The lowest BCUT2D eigenvalue weighted by Crippen LogP contribution is -2.27. The molecule has 1 aromatic heterocycles. The predicted molar refractivity (Wildman–Crippen MR) is 105 cm³/mol. The highest BCUT2D eigenvalue weighted by Gasteiger charge is 2.34. The average Bonchev–Trinajstić information content (AvgIpc) is 2.62. The van der Waals surface area contributed by atoms with Gasteiger partial charge in [-0.25, -0.2) is 0 Å². The van der Waals surface area contributed by atoms with E-state index >= 15 is 0 Å². The minimum Gasteiger partial charge on any atom is -0.256 e. The van der Waals surface area contributed by atoms with Gasteiger partial charge in [0.05, 0.1) is 5.69 Å². The largest absolute Gasteiger partial charge is 0.256 e. The number of hydrogen-bond acceptors (Lipinski definition) is 1. The zero-order chi connectivity index (χ0) is 17.0. The molecular weight excluding hydrogens is 290 g/mol. The summed E-state index contributed by atoms with van der Waals surface area (Å²) in [5.41, 5.74) is 2.69. The van der Waals surface area contributed by atoms with Gasteiger partial charge in [0, 0.05) is 11.6 Å². The van der Waals surface area contributed by atoms with Crippen molar-refractivity contribution in [1.29, 1.82) is 0 Å². The highest BCUT2D eigenvalue weighted by Crippen LogP contribution is 2.46. The van der Waals surface area contributed by atoms with Crippen LogP contribution in [0.2, 0.25) is 0 Å². The number of pyridine rings is 1. The highest BCUT2D eigenvalue weighted by molar-refractivity contribution is 5.93. The van der Waals surface area contributed by atoms with Gasteiger partial charge in [0.15, 0.2) is 0 Å². The van der Waals surface area contributed by atoms with Crippen molar-refractivity contribution in [1.82, 2.24) is 4.98 Å². The molecule has 24 heavy (non-hydrogen) atoms. The molecule has 0 spiro atoms. The predicted octanol–water partition coefficient (Wildman–Crippen LogP) is 6.58. The van der Waals surface area contributed by atoms with Crippen molar-refractivity contribution in [2.24, 2.45) is 11.3 Å². The Balaban J connectivity index is 2.13. The Morgan fingerprint density at radius 1 is 1.25 bits per heavy atom. The van der Waals surface area contributed by atoms with Gasteiger partial charge < -0.3 is 0 Å². The van der Waals surface area contributed by atoms with E-state index in [1.807, 2.05) is 6.20 Å². The molecule has 1 aliphatic rings. The van der Waals surface area contributed by atoms with E-state index in [2.05, 4.69) is 81.5 Å². The van der Waals surface area contributed by atoms with Gasteiger partial charge in [-0.15, -0.1) is 0 Å². The van der Waals surface area contributed by atoms with Crippen molar-refractivity contribution in [3.05, 3.63) is 72.6 Å². The SMILES string of the molecule is CC=CC(C)(CCC)C1CC=CC=C1c1nccc2ccccc12. The van der Waals surface area contributed by atoms with Crippen LogP contribution in [0, 0.1) is 11.3 Å². The van der Waals surface area contributed by atoms with Gasteiger partial charge in [-0.3, -0.25) is 4.98 Å². The van der Waals surface area contributed by atoms with Crippen LogP contribution < -0.4 is 0 Å². The van der Waals surface area contributed by atoms with Gasteiger partial charge in [-0.1, -0.05) is 74.9 Å². The number of benzene rings is 1. The van der Waals surface area contributed by atoms with E-state index in [1.54, 1.807) is 0 Å². The molecule has 1 heterocycles. The van der Waals surface area contributed by atoms with Crippen molar-refractivity contribution in [2.45, 2.75) is 40.0 Å². The standard InChI is InChI=1S/C23H27N/c1-4-15-23(3,16-5-2)21-13-9-8-12-20(21)22-19-11-7-6-10-18(19)14-17-24-22/h4,6-12,14-15,17,21H,5,13,16H2,1-3H3. The van der Waals surface area contributed by atoms with Gasteiger partial charge in [0.2, 0.25) is 0 Å². The normalized spacial score (nSPS) is 20.3. The Morgan fingerprint density at radius 2 is 2.08 bits per heavy atom. The maximum absolute atomic E-state index is 4.79. The molecule has 1 aliphatic carbocycles. The second kappa shape index (κ2) is 7.17. The number of fused-ring (bicyclic) bond motifs is 1. The Labute approximate surface area is 145 Å². The summed E-state index contributed by atoms with van der Waals surface area (Å²) in [6.07, 6.45) is 16.8. The van der Waals surface area contributed by atoms with Crippen molar-refractivity contribution in [3.63, 3.8) is 0 Å². The third kappa shape index (κ3) is 3.08. The topological polar surface area (TPSA) is 12.9 Å². The first kappa shape index (κ1) is 16.7. The zero-order valence-electron chi connectivity index (χ0n) is 15.0. The third-order valence-electron chi connectivity index (χ3n) is 5.24. The molecule has 1 aromatic carbocycles. The van der Waals surface area contributed by atoms with Crippen LogP contribution in [0.1, 0.15) is 45.7 Å². The summed E-state index contributed by atoms with van der Waals surface area (Å²) in [5.74, 6) is 0.469. The van der Waals surface area contributed by atoms with Crippen molar-refractivity contribution < 1.29 is 0 Å². The lowest BCUT2D eigenvalue weighted by Gasteiger charge is -2.38. The maximum atomic E-state index is 4.79. The van der Waals surface area contributed by atoms with Gasteiger partial charge in [0.1, 0.15) is 0 Å². The lowest BCUT2D eigenvalue weighted by atomic mass is 9.66. The first-order valence-corrected chi connectivity index (χ1v) is 9.04. The molecule has 3 rings (SSSR count). The average molecular weight is 317 g/mol. The monoisotopic (exact) mass is 317 g/mol. The summed E-state index contributed by atoms with van der Waals surface area (Å²) >= 11 is 0. The summed E-state index contributed by atoms with van der Waals surface area (Å²) in [7, 11) is 0.